The fourth-order valence-electron chi connectivity index (χ4n) is 3.30. The molecule has 2 saturated heterocycles. The lowest BCUT2D eigenvalue weighted by atomic mass is 9.86. The molecule has 0 aromatic carbocycles. The third kappa shape index (κ3) is 2.27. The molecule has 1 atom stereocenters. The summed E-state index contributed by atoms with van der Waals surface area (Å²) in [6.45, 7) is 11.7. The maximum absolute atomic E-state index is 6.09. The molecule has 0 radical (unpaired) electrons. The molecular formula is C13H27N3. The van der Waals surface area contributed by atoms with Crippen molar-refractivity contribution in [1.29, 1.82) is 0 Å². The summed E-state index contributed by atoms with van der Waals surface area (Å²) in [6, 6.07) is 0. The van der Waals surface area contributed by atoms with Gasteiger partial charge in [0.2, 0.25) is 0 Å². The number of hydrogen-bond acceptors (Lipinski definition) is 3. The van der Waals surface area contributed by atoms with Crippen LogP contribution >= 0.6 is 0 Å². The van der Waals surface area contributed by atoms with Crippen molar-refractivity contribution >= 4 is 0 Å². The van der Waals surface area contributed by atoms with Crippen LogP contribution in [0.25, 0.3) is 0 Å². The molecule has 2 aliphatic heterocycles. The number of piperidine rings is 1. The molecule has 16 heavy (non-hydrogen) atoms. The Bertz CT molecular complexity index is 221. The molecule has 0 bridgehead atoms. The highest BCUT2D eigenvalue weighted by atomic mass is 15.3. The van der Waals surface area contributed by atoms with E-state index in [9.17, 15) is 0 Å². The Morgan fingerprint density at radius 2 is 1.94 bits per heavy atom. The highest BCUT2D eigenvalue weighted by Crippen LogP contribution is 2.32. The Labute approximate surface area is 100.0 Å². The highest BCUT2D eigenvalue weighted by Gasteiger charge is 2.40. The fraction of sp³-hybridized carbons (Fsp3) is 1.00. The second-order valence-electron chi connectivity index (χ2n) is 5.70. The Kier molecular flexibility index (Phi) is 3.88. The highest BCUT2D eigenvalue weighted by molar-refractivity contribution is 4.98. The lowest BCUT2D eigenvalue weighted by molar-refractivity contribution is 0.0433. The van der Waals surface area contributed by atoms with Crippen LogP contribution in [-0.4, -0.2) is 54.6 Å². The van der Waals surface area contributed by atoms with E-state index in [1.165, 1.54) is 52.0 Å². The summed E-state index contributed by atoms with van der Waals surface area (Å²) in [5.41, 5.74) is 6.42. The van der Waals surface area contributed by atoms with Crippen LogP contribution in [-0.2, 0) is 0 Å². The molecule has 2 fully saturated rings. The lowest BCUT2D eigenvalue weighted by Gasteiger charge is -2.47. The molecule has 2 heterocycles. The molecule has 0 aliphatic carbocycles. The van der Waals surface area contributed by atoms with Crippen LogP contribution in [0.4, 0.5) is 0 Å². The number of nitrogens with zero attached hydrogens (tertiary/aromatic N) is 2. The average Bonchev–Trinajstić information content (AvgIpc) is 2.76. The van der Waals surface area contributed by atoms with E-state index in [1.54, 1.807) is 0 Å². The van der Waals surface area contributed by atoms with E-state index in [0.717, 1.165) is 12.5 Å². The number of hydrogen-bond donors (Lipinski definition) is 1. The molecule has 3 nitrogen and oxygen atoms in total. The number of likely N-dealkylation sites (tertiary alicyclic amines) is 2. The Balaban J connectivity index is 1.98. The van der Waals surface area contributed by atoms with Crippen molar-refractivity contribution in [3.05, 3.63) is 0 Å². The Morgan fingerprint density at radius 1 is 1.25 bits per heavy atom. The van der Waals surface area contributed by atoms with Gasteiger partial charge in [-0.3, -0.25) is 4.90 Å². The van der Waals surface area contributed by atoms with Gasteiger partial charge in [-0.1, -0.05) is 13.8 Å². The minimum absolute atomic E-state index is 0.330. The molecule has 0 aromatic heterocycles. The van der Waals surface area contributed by atoms with E-state index in [4.69, 9.17) is 5.73 Å². The molecular weight excluding hydrogens is 198 g/mol. The molecule has 0 saturated carbocycles. The second-order valence-corrected chi connectivity index (χ2v) is 5.70. The molecule has 94 valence electrons. The fourth-order valence-corrected chi connectivity index (χ4v) is 3.30. The topological polar surface area (TPSA) is 32.5 Å². The molecule has 2 N–H and O–H groups in total. The van der Waals surface area contributed by atoms with Gasteiger partial charge in [0, 0.05) is 18.6 Å². The number of nitrogens with two attached hydrogens (primary N) is 1. The van der Waals surface area contributed by atoms with Gasteiger partial charge < -0.3 is 10.6 Å². The van der Waals surface area contributed by atoms with Gasteiger partial charge in [-0.25, -0.2) is 0 Å². The maximum Gasteiger partial charge on any atom is 0.0356 e. The van der Waals surface area contributed by atoms with Gasteiger partial charge in [0.05, 0.1) is 0 Å². The first-order chi connectivity index (χ1) is 7.70. The van der Waals surface area contributed by atoms with Crippen LogP contribution in [0.15, 0.2) is 0 Å². The predicted molar refractivity (Wildman–Crippen MR) is 68.5 cm³/mol. The van der Waals surface area contributed by atoms with Crippen LogP contribution < -0.4 is 5.73 Å². The van der Waals surface area contributed by atoms with E-state index in [0.29, 0.717) is 5.54 Å². The van der Waals surface area contributed by atoms with Gasteiger partial charge >= 0.3 is 0 Å². The summed E-state index contributed by atoms with van der Waals surface area (Å²) in [5.74, 6) is 0.868. The molecule has 0 aromatic rings. The van der Waals surface area contributed by atoms with Gasteiger partial charge in [0.1, 0.15) is 0 Å². The molecule has 0 amide bonds. The van der Waals surface area contributed by atoms with Gasteiger partial charge in [-0.15, -0.1) is 0 Å². The van der Waals surface area contributed by atoms with Crippen molar-refractivity contribution in [2.45, 2.75) is 38.6 Å². The second kappa shape index (κ2) is 5.03. The van der Waals surface area contributed by atoms with Crippen molar-refractivity contribution in [3.8, 4) is 0 Å². The first-order valence-corrected chi connectivity index (χ1v) is 6.87. The number of rotatable bonds is 3. The minimum Gasteiger partial charge on any atom is -0.329 e. The van der Waals surface area contributed by atoms with Crippen molar-refractivity contribution in [2.24, 2.45) is 11.7 Å². The van der Waals surface area contributed by atoms with Crippen LogP contribution in [0.5, 0.6) is 0 Å². The van der Waals surface area contributed by atoms with Gasteiger partial charge in [0.25, 0.3) is 0 Å². The van der Waals surface area contributed by atoms with E-state index in [2.05, 4.69) is 23.6 Å². The summed E-state index contributed by atoms with van der Waals surface area (Å²) in [6.07, 6.45) is 3.90. The zero-order valence-electron chi connectivity index (χ0n) is 10.9. The van der Waals surface area contributed by atoms with Crippen LogP contribution in [0.2, 0.25) is 0 Å². The summed E-state index contributed by atoms with van der Waals surface area (Å²) in [7, 11) is 0. The monoisotopic (exact) mass is 225 g/mol. The zero-order valence-corrected chi connectivity index (χ0v) is 10.9. The van der Waals surface area contributed by atoms with Crippen LogP contribution in [0, 0.1) is 5.92 Å². The van der Waals surface area contributed by atoms with Gasteiger partial charge in [0.15, 0.2) is 0 Å². The average molecular weight is 225 g/mol. The molecule has 2 aliphatic rings. The molecule has 1 unspecified atom stereocenters. The van der Waals surface area contributed by atoms with Crippen molar-refractivity contribution in [2.75, 3.05) is 39.3 Å². The summed E-state index contributed by atoms with van der Waals surface area (Å²) in [5, 5.41) is 0. The van der Waals surface area contributed by atoms with Crippen molar-refractivity contribution < 1.29 is 0 Å². The smallest absolute Gasteiger partial charge is 0.0356 e. The van der Waals surface area contributed by atoms with Crippen molar-refractivity contribution in [3.63, 3.8) is 0 Å². The molecule has 0 spiro atoms. The minimum atomic E-state index is 0.330. The van der Waals surface area contributed by atoms with Crippen molar-refractivity contribution in [1.82, 2.24) is 9.80 Å². The quantitative estimate of drug-likeness (QED) is 0.782. The Morgan fingerprint density at radius 3 is 2.38 bits per heavy atom. The standard InChI is InChI=1S/C13H27N3/c1-3-15-8-5-13(11-14,6-9-15)16-7-4-12(2)10-16/h12H,3-11,14H2,1-2H3. The predicted octanol–water partition coefficient (Wildman–Crippen LogP) is 1.14. The molecule has 2 rings (SSSR count). The SMILES string of the molecule is CCN1CCC(CN)(N2CCC(C)C2)CC1. The van der Waals surface area contributed by atoms with E-state index < -0.39 is 0 Å². The first-order valence-electron chi connectivity index (χ1n) is 6.87. The zero-order chi connectivity index (χ0) is 11.6. The molecule has 3 heteroatoms. The van der Waals surface area contributed by atoms with Gasteiger partial charge in [-0.2, -0.15) is 0 Å². The Hall–Kier alpha value is -0.120. The largest absolute Gasteiger partial charge is 0.329 e. The van der Waals surface area contributed by atoms with E-state index in [1.807, 2.05) is 0 Å². The first kappa shape index (κ1) is 12.3. The van der Waals surface area contributed by atoms with Crippen LogP contribution in [0.1, 0.15) is 33.1 Å². The van der Waals surface area contributed by atoms with Crippen LogP contribution in [0.3, 0.4) is 0 Å². The normalized spacial score (nSPS) is 32.1. The maximum atomic E-state index is 6.09. The van der Waals surface area contributed by atoms with E-state index in [-0.39, 0.29) is 0 Å². The third-order valence-corrected chi connectivity index (χ3v) is 4.71. The lowest BCUT2D eigenvalue weighted by Crippen LogP contribution is -2.58. The summed E-state index contributed by atoms with van der Waals surface area (Å²) in [4.78, 5) is 5.23. The summed E-state index contributed by atoms with van der Waals surface area (Å²) >= 11 is 0. The summed E-state index contributed by atoms with van der Waals surface area (Å²) < 4.78 is 0. The third-order valence-electron chi connectivity index (χ3n) is 4.71. The van der Waals surface area contributed by atoms with Gasteiger partial charge in [-0.05, 0) is 51.4 Å². The van der Waals surface area contributed by atoms with E-state index >= 15 is 0 Å².